The number of carbonyl (C=O) groups is 2. The molecule has 0 radical (unpaired) electrons. The number of amides is 1. The van der Waals surface area contributed by atoms with Crippen molar-refractivity contribution in [1.82, 2.24) is 15.2 Å². The highest BCUT2D eigenvalue weighted by Gasteiger charge is 2.09. The van der Waals surface area contributed by atoms with Crippen LogP contribution in [0.5, 0.6) is 0 Å². The number of nitrogens with zero attached hydrogens (tertiary/aromatic N) is 2. The zero-order chi connectivity index (χ0) is 15.2. The van der Waals surface area contributed by atoms with E-state index < -0.39 is 0 Å². The normalized spacial score (nSPS) is 10.2. The maximum atomic E-state index is 11.1. The number of H-pyrrole nitrogens is 1. The van der Waals surface area contributed by atoms with Crippen molar-refractivity contribution >= 4 is 29.3 Å². The molecular formula is C13H14N4O3S. The number of esters is 1. The summed E-state index contributed by atoms with van der Waals surface area (Å²) >= 11 is 1.19. The predicted molar refractivity (Wildman–Crippen MR) is 78.9 cm³/mol. The van der Waals surface area contributed by atoms with E-state index >= 15 is 0 Å². The fourth-order valence-corrected chi connectivity index (χ4v) is 2.20. The van der Waals surface area contributed by atoms with Crippen molar-refractivity contribution in [2.45, 2.75) is 12.1 Å². The first-order chi connectivity index (χ1) is 10.1. The molecule has 8 heteroatoms. The summed E-state index contributed by atoms with van der Waals surface area (Å²) in [6.45, 7) is 1.45. The summed E-state index contributed by atoms with van der Waals surface area (Å²) in [5.74, 6) is 0.243. The SMILES string of the molecule is COC(=O)CSc1n[nH]c(-c2cccc(NC(C)=O)c2)n1. The van der Waals surface area contributed by atoms with Crippen molar-refractivity contribution in [2.75, 3.05) is 18.2 Å². The Labute approximate surface area is 125 Å². The Hall–Kier alpha value is -2.35. The average molecular weight is 306 g/mol. The lowest BCUT2D eigenvalue weighted by Crippen LogP contribution is -2.05. The van der Waals surface area contributed by atoms with Crippen LogP contribution in [-0.4, -0.2) is 39.9 Å². The number of anilines is 1. The predicted octanol–water partition coefficient (Wildman–Crippen LogP) is 1.70. The maximum Gasteiger partial charge on any atom is 0.316 e. The van der Waals surface area contributed by atoms with Gasteiger partial charge in [-0.05, 0) is 12.1 Å². The highest BCUT2D eigenvalue weighted by Crippen LogP contribution is 2.22. The average Bonchev–Trinajstić information content (AvgIpc) is 2.93. The zero-order valence-corrected chi connectivity index (χ0v) is 12.4. The van der Waals surface area contributed by atoms with Gasteiger partial charge in [-0.25, -0.2) is 4.98 Å². The van der Waals surface area contributed by atoms with E-state index in [2.05, 4.69) is 25.2 Å². The van der Waals surface area contributed by atoms with E-state index in [9.17, 15) is 9.59 Å². The van der Waals surface area contributed by atoms with E-state index in [-0.39, 0.29) is 17.6 Å². The van der Waals surface area contributed by atoms with Crippen LogP contribution in [0, 0.1) is 0 Å². The van der Waals surface area contributed by atoms with Gasteiger partial charge in [0.15, 0.2) is 5.82 Å². The van der Waals surface area contributed by atoms with Crippen molar-refractivity contribution in [3.8, 4) is 11.4 Å². The molecule has 1 amide bonds. The second-order valence-corrected chi connectivity index (χ2v) is 5.04. The quantitative estimate of drug-likeness (QED) is 0.644. The van der Waals surface area contributed by atoms with E-state index in [4.69, 9.17) is 0 Å². The molecule has 0 unspecified atom stereocenters. The summed E-state index contributed by atoms with van der Waals surface area (Å²) < 4.78 is 4.55. The van der Waals surface area contributed by atoms with Gasteiger partial charge in [0.25, 0.3) is 0 Å². The number of aromatic nitrogens is 3. The molecule has 0 spiro atoms. The van der Waals surface area contributed by atoms with E-state index in [1.807, 2.05) is 12.1 Å². The molecule has 1 aromatic carbocycles. The first kappa shape index (κ1) is 15.0. The molecule has 0 aliphatic heterocycles. The third-order valence-electron chi connectivity index (χ3n) is 2.47. The van der Waals surface area contributed by atoms with Crippen LogP contribution in [0.25, 0.3) is 11.4 Å². The summed E-state index contributed by atoms with van der Waals surface area (Å²) in [5, 5.41) is 9.98. The molecule has 0 atom stereocenters. The number of nitrogens with one attached hydrogen (secondary N) is 2. The topological polar surface area (TPSA) is 97.0 Å². The number of aromatic amines is 1. The number of hydrogen-bond donors (Lipinski definition) is 2. The highest BCUT2D eigenvalue weighted by molar-refractivity contribution is 7.99. The third kappa shape index (κ3) is 4.32. The van der Waals surface area contributed by atoms with Gasteiger partial charge in [-0.1, -0.05) is 23.9 Å². The first-order valence-electron chi connectivity index (χ1n) is 6.08. The van der Waals surface area contributed by atoms with Crippen molar-refractivity contribution < 1.29 is 14.3 Å². The van der Waals surface area contributed by atoms with Crippen LogP contribution in [0.3, 0.4) is 0 Å². The standard InChI is InChI=1S/C13H14N4O3S/c1-8(18)14-10-5-3-4-9(6-10)12-15-13(17-16-12)21-7-11(19)20-2/h3-6H,7H2,1-2H3,(H,14,18)(H,15,16,17). The Morgan fingerprint density at radius 2 is 2.24 bits per heavy atom. The molecule has 2 N–H and O–H groups in total. The number of hydrogen-bond acceptors (Lipinski definition) is 6. The van der Waals surface area contributed by atoms with Crippen LogP contribution in [0.4, 0.5) is 5.69 Å². The Morgan fingerprint density at radius 1 is 1.43 bits per heavy atom. The van der Waals surface area contributed by atoms with E-state index in [0.717, 1.165) is 5.56 Å². The molecule has 0 bridgehead atoms. The third-order valence-corrected chi connectivity index (χ3v) is 3.29. The second-order valence-electron chi connectivity index (χ2n) is 4.09. The summed E-state index contributed by atoms with van der Waals surface area (Å²) in [6, 6.07) is 7.23. The number of rotatable bonds is 5. The van der Waals surface area contributed by atoms with Crippen molar-refractivity contribution in [2.24, 2.45) is 0 Å². The fraction of sp³-hybridized carbons (Fsp3) is 0.231. The largest absolute Gasteiger partial charge is 0.468 e. The summed E-state index contributed by atoms with van der Waals surface area (Å²) in [4.78, 5) is 26.4. The van der Waals surface area contributed by atoms with Crippen LogP contribution < -0.4 is 5.32 Å². The Morgan fingerprint density at radius 3 is 2.95 bits per heavy atom. The van der Waals surface area contributed by atoms with Crippen LogP contribution in [0.2, 0.25) is 0 Å². The first-order valence-corrected chi connectivity index (χ1v) is 7.07. The van der Waals surface area contributed by atoms with Gasteiger partial charge in [0.05, 0.1) is 12.9 Å². The van der Waals surface area contributed by atoms with E-state index in [1.165, 1.54) is 25.8 Å². The molecule has 0 saturated heterocycles. The Bertz CT molecular complexity index is 656. The minimum atomic E-state index is -0.334. The van der Waals surface area contributed by atoms with Crippen molar-refractivity contribution in [3.05, 3.63) is 24.3 Å². The smallest absolute Gasteiger partial charge is 0.316 e. The van der Waals surface area contributed by atoms with Crippen LogP contribution in [-0.2, 0) is 14.3 Å². The molecule has 0 aliphatic rings. The molecule has 0 aliphatic carbocycles. The lowest BCUT2D eigenvalue weighted by Gasteiger charge is -2.03. The van der Waals surface area contributed by atoms with Gasteiger partial charge in [0, 0.05) is 18.2 Å². The number of ether oxygens (including phenoxy) is 1. The van der Waals surface area contributed by atoms with Crippen molar-refractivity contribution in [3.63, 3.8) is 0 Å². The second kappa shape index (κ2) is 6.89. The summed E-state index contributed by atoms with van der Waals surface area (Å²) in [5.41, 5.74) is 1.47. The number of benzene rings is 1. The Balaban J connectivity index is 2.10. The molecule has 2 rings (SSSR count). The number of methoxy groups -OCH3 is 1. The molecule has 0 saturated carbocycles. The summed E-state index contributed by atoms with van der Waals surface area (Å²) in [7, 11) is 1.33. The highest BCUT2D eigenvalue weighted by atomic mass is 32.2. The van der Waals surface area contributed by atoms with Gasteiger partial charge in [-0.2, -0.15) is 0 Å². The van der Waals surface area contributed by atoms with Gasteiger partial charge < -0.3 is 10.1 Å². The molecular weight excluding hydrogens is 292 g/mol. The maximum absolute atomic E-state index is 11.1. The summed E-state index contributed by atoms with van der Waals surface area (Å²) in [6.07, 6.45) is 0. The Kier molecular flexibility index (Phi) is 4.94. The molecule has 0 fully saturated rings. The fourth-order valence-electron chi connectivity index (χ4n) is 1.57. The number of thioether (sulfide) groups is 1. The minimum absolute atomic E-state index is 0.140. The monoisotopic (exact) mass is 306 g/mol. The minimum Gasteiger partial charge on any atom is -0.468 e. The lowest BCUT2D eigenvalue weighted by molar-refractivity contribution is -0.137. The van der Waals surface area contributed by atoms with Gasteiger partial charge in [-0.15, -0.1) is 5.10 Å². The molecule has 1 heterocycles. The van der Waals surface area contributed by atoms with Gasteiger partial charge in [0.1, 0.15) is 0 Å². The molecule has 21 heavy (non-hydrogen) atoms. The van der Waals surface area contributed by atoms with Crippen LogP contribution in [0.1, 0.15) is 6.92 Å². The van der Waals surface area contributed by atoms with Crippen molar-refractivity contribution in [1.29, 1.82) is 0 Å². The lowest BCUT2D eigenvalue weighted by atomic mass is 10.2. The van der Waals surface area contributed by atoms with Gasteiger partial charge in [-0.3, -0.25) is 14.7 Å². The zero-order valence-electron chi connectivity index (χ0n) is 11.5. The molecule has 2 aromatic rings. The van der Waals surface area contributed by atoms with Crippen LogP contribution >= 0.6 is 11.8 Å². The van der Waals surface area contributed by atoms with E-state index in [1.54, 1.807) is 12.1 Å². The van der Waals surface area contributed by atoms with E-state index in [0.29, 0.717) is 16.7 Å². The van der Waals surface area contributed by atoms with Crippen LogP contribution in [0.15, 0.2) is 29.4 Å². The van der Waals surface area contributed by atoms with Gasteiger partial charge >= 0.3 is 5.97 Å². The molecule has 7 nitrogen and oxygen atoms in total. The molecule has 110 valence electrons. The van der Waals surface area contributed by atoms with Gasteiger partial charge in [0.2, 0.25) is 11.1 Å². The number of carbonyl (C=O) groups excluding carboxylic acids is 2. The molecule has 1 aromatic heterocycles.